The van der Waals surface area contributed by atoms with E-state index in [0.717, 1.165) is 31.0 Å². The highest BCUT2D eigenvalue weighted by Gasteiger charge is 2.26. The maximum Gasteiger partial charge on any atom is 0.232 e. The molecule has 0 spiro atoms. The van der Waals surface area contributed by atoms with Gasteiger partial charge < -0.3 is 14.4 Å². The Labute approximate surface area is 183 Å². The molecule has 0 radical (unpaired) electrons. The zero-order valence-electron chi connectivity index (χ0n) is 17.6. The lowest BCUT2D eigenvalue weighted by atomic mass is 10.0. The van der Waals surface area contributed by atoms with Crippen molar-refractivity contribution in [1.82, 2.24) is 4.98 Å². The maximum absolute atomic E-state index is 6.22. The molecular formula is C25H27ClN2O2. The van der Waals surface area contributed by atoms with Gasteiger partial charge in [0.25, 0.3) is 0 Å². The van der Waals surface area contributed by atoms with Crippen LogP contribution in [0.4, 0.5) is 5.69 Å². The second-order valence-electron chi connectivity index (χ2n) is 8.01. The van der Waals surface area contributed by atoms with E-state index >= 15 is 0 Å². The second-order valence-corrected chi connectivity index (χ2v) is 8.42. The number of aromatic nitrogens is 1. The average molecular weight is 423 g/mol. The number of benzene rings is 2. The average Bonchev–Trinajstić information content (AvgIpc) is 3.18. The molecule has 5 heteroatoms. The lowest BCUT2D eigenvalue weighted by Gasteiger charge is -2.22. The summed E-state index contributed by atoms with van der Waals surface area (Å²) >= 11 is 6.18. The first-order valence-corrected chi connectivity index (χ1v) is 10.8. The van der Waals surface area contributed by atoms with Gasteiger partial charge >= 0.3 is 0 Å². The lowest BCUT2D eigenvalue weighted by molar-refractivity contribution is 0.216. The Morgan fingerprint density at radius 2 is 1.93 bits per heavy atom. The van der Waals surface area contributed by atoms with Crippen LogP contribution in [-0.2, 0) is 0 Å². The molecule has 4 nitrogen and oxygen atoms in total. The minimum Gasteiger partial charge on any atom is -0.471 e. The predicted octanol–water partition coefficient (Wildman–Crippen LogP) is 6.62. The molecule has 1 aliphatic heterocycles. The van der Waals surface area contributed by atoms with Gasteiger partial charge in [0.2, 0.25) is 5.88 Å². The van der Waals surface area contributed by atoms with Crippen molar-refractivity contribution in [3.8, 4) is 17.4 Å². The summed E-state index contributed by atoms with van der Waals surface area (Å²) in [5, 5.41) is 0.551. The van der Waals surface area contributed by atoms with E-state index in [-0.39, 0.29) is 6.10 Å². The molecule has 2 heterocycles. The zero-order valence-corrected chi connectivity index (χ0v) is 18.4. The Balaban J connectivity index is 1.45. The molecule has 1 aliphatic rings. The van der Waals surface area contributed by atoms with Crippen molar-refractivity contribution in [2.24, 2.45) is 0 Å². The number of rotatable bonds is 6. The number of aryl methyl sites for hydroxylation is 1. The Morgan fingerprint density at radius 1 is 1.10 bits per heavy atom. The Kier molecular flexibility index (Phi) is 6.14. The highest BCUT2D eigenvalue weighted by Crippen LogP contribution is 2.34. The minimum absolute atomic E-state index is 0.0747. The van der Waals surface area contributed by atoms with E-state index in [1.54, 1.807) is 12.3 Å². The zero-order chi connectivity index (χ0) is 21.1. The van der Waals surface area contributed by atoms with Gasteiger partial charge in [-0.1, -0.05) is 43.6 Å². The van der Waals surface area contributed by atoms with Gasteiger partial charge in [0.15, 0.2) is 0 Å². The predicted molar refractivity (Wildman–Crippen MR) is 122 cm³/mol. The Morgan fingerprint density at radius 3 is 2.70 bits per heavy atom. The van der Waals surface area contributed by atoms with Gasteiger partial charge in [-0.25, -0.2) is 4.98 Å². The second kappa shape index (κ2) is 8.97. The van der Waals surface area contributed by atoms with Crippen LogP contribution in [0.3, 0.4) is 0 Å². The van der Waals surface area contributed by atoms with Gasteiger partial charge in [-0.2, -0.15) is 0 Å². The molecule has 156 valence electrons. The molecule has 0 aliphatic carbocycles. The molecule has 1 saturated heterocycles. The van der Waals surface area contributed by atoms with Crippen LogP contribution in [0.2, 0.25) is 5.02 Å². The summed E-state index contributed by atoms with van der Waals surface area (Å²) in [6, 6.07) is 18.1. The van der Waals surface area contributed by atoms with Crippen LogP contribution < -0.4 is 14.4 Å². The van der Waals surface area contributed by atoms with Gasteiger partial charge in [0.05, 0.1) is 6.54 Å². The molecule has 0 saturated carbocycles. The van der Waals surface area contributed by atoms with Crippen molar-refractivity contribution in [3.63, 3.8) is 0 Å². The molecule has 1 fully saturated rings. The van der Waals surface area contributed by atoms with Gasteiger partial charge in [0, 0.05) is 24.8 Å². The van der Waals surface area contributed by atoms with Crippen LogP contribution in [0.5, 0.6) is 17.4 Å². The molecule has 1 aromatic heterocycles. The molecule has 1 unspecified atom stereocenters. The minimum atomic E-state index is 0.0747. The molecule has 4 rings (SSSR count). The number of anilines is 1. The highest BCUT2D eigenvalue weighted by atomic mass is 35.5. The van der Waals surface area contributed by atoms with Crippen molar-refractivity contribution in [3.05, 3.63) is 76.9 Å². The van der Waals surface area contributed by atoms with Crippen LogP contribution in [0.25, 0.3) is 0 Å². The first kappa shape index (κ1) is 20.5. The van der Waals surface area contributed by atoms with E-state index in [1.807, 2.05) is 24.3 Å². The first-order valence-electron chi connectivity index (χ1n) is 10.4. The third kappa shape index (κ3) is 4.54. The first-order chi connectivity index (χ1) is 14.5. The summed E-state index contributed by atoms with van der Waals surface area (Å²) in [7, 11) is 0. The quantitative estimate of drug-likeness (QED) is 0.447. The van der Waals surface area contributed by atoms with Crippen LogP contribution in [-0.4, -0.2) is 24.2 Å². The summed E-state index contributed by atoms with van der Waals surface area (Å²) < 4.78 is 12.2. The molecule has 2 aromatic carbocycles. The third-order valence-electron chi connectivity index (χ3n) is 5.43. The number of ether oxygens (including phenoxy) is 2. The van der Waals surface area contributed by atoms with E-state index in [4.69, 9.17) is 21.1 Å². The standard InChI is InChI=1S/C25H27ClN2O2/c1-17(2)21-7-4-5-9-24(21)29-19-10-11-23(18(3)15-19)28-14-12-20(16-28)30-25-22(26)8-6-13-27-25/h4-11,13,15,17,20H,12,14,16H2,1-3H3. The summed E-state index contributed by atoms with van der Waals surface area (Å²) in [6.45, 7) is 8.23. The lowest BCUT2D eigenvalue weighted by Crippen LogP contribution is -2.25. The number of halogens is 1. The Bertz CT molecular complexity index is 1020. The topological polar surface area (TPSA) is 34.6 Å². The maximum atomic E-state index is 6.22. The molecule has 0 bridgehead atoms. The fourth-order valence-corrected chi connectivity index (χ4v) is 4.05. The van der Waals surface area contributed by atoms with E-state index < -0.39 is 0 Å². The number of para-hydroxylation sites is 1. The molecule has 3 aromatic rings. The van der Waals surface area contributed by atoms with Crippen LogP contribution >= 0.6 is 11.6 Å². The van der Waals surface area contributed by atoms with E-state index in [9.17, 15) is 0 Å². The van der Waals surface area contributed by atoms with Gasteiger partial charge in [-0.3, -0.25) is 0 Å². The molecular weight excluding hydrogens is 396 g/mol. The molecule has 0 amide bonds. The van der Waals surface area contributed by atoms with Gasteiger partial charge in [-0.05, 0) is 60.4 Å². The number of hydrogen-bond acceptors (Lipinski definition) is 4. The number of pyridine rings is 1. The van der Waals surface area contributed by atoms with Crippen molar-refractivity contribution >= 4 is 17.3 Å². The monoisotopic (exact) mass is 422 g/mol. The van der Waals surface area contributed by atoms with Crippen LogP contribution in [0, 0.1) is 6.92 Å². The van der Waals surface area contributed by atoms with E-state index in [0.29, 0.717) is 16.8 Å². The third-order valence-corrected chi connectivity index (χ3v) is 5.71. The molecule has 30 heavy (non-hydrogen) atoms. The molecule has 0 N–H and O–H groups in total. The van der Waals surface area contributed by atoms with E-state index in [2.05, 4.69) is 54.9 Å². The highest BCUT2D eigenvalue weighted by molar-refractivity contribution is 6.31. The number of nitrogens with zero attached hydrogens (tertiary/aromatic N) is 2. The van der Waals surface area contributed by atoms with Crippen LogP contribution in [0.15, 0.2) is 60.8 Å². The van der Waals surface area contributed by atoms with E-state index in [1.165, 1.54) is 16.8 Å². The summed E-state index contributed by atoms with van der Waals surface area (Å²) in [5.74, 6) is 2.70. The molecule has 1 atom stereocenters. The van der Waals surface area contributed by atoms with Crippen LogP contribution in [0.1, 0.15) is 37.3 Å². The van der Waals surface area contributed by atoms with Crippen molar-refractivity contribution in [1.29, 1.82) is 0 Å². The van der Waals surface area contributed by atoms with Gasteiger partial charge in [0.1, 0.15) is 22.6 Å². The number of hydrogen-bond donors (Lipinski definition) is 0. The summed E-state index contributed by atoms with van der Waals surface area (Å²) in [6.07, 6.45) is 2.71. The SMILES string of the molecule is Cc1cc(Oc2ccccc2C(C)C)ccc1N1CCC(Oc2ncccc2Cl)C1. The fraction of sp³-hybridized carbons (Fsp3) is 0.320. The van der Waals surface area contributed by atoms with Crippen molar-refractivity contribution in [2.45, 2.75) is 39.2 Å². The largest absolute Gasteiger partial charge is 0.471 e. The fourth-order valence-electron chi connectivity index (χ4n) is 3.88. The van der Waals surface area contributed by atoms with Crippen molar-refractivity contribution in [2.75, 3.05) is 18.0 Å². The smallest absolute Gasteiger partial charge is 0.232 e. The normalized spacial score (nSPS) is 16.2. The van der Waals surface area contributed by atoms with Crippen molar-refractivity contribution < 1.29 is 9.47 Å². The summed E-state index contributed by atoms with van der Waals surface area (Å²) in [4.78, 5) is 6.59. The van der Waals surface area contributed by atoms with Gasteiger partial charge in [-0.15, -0.1) is 0 Å². The Hall–Kier alpha value is -2.72. The summed E-state index contributed by atoms with van der Waals surface area (Å²) in [5.41, 5.74) is 3.61.